The van der Waals surface area contributed by atoms with Crippen LogP contribution in [0.3, 0.4) is 0 Å². The van der Waals surface area contributed by atoms with E-state index in [-0.39, 0.29) is 17.9 Å². The normalized spacial score (nSPS) is 11.0. The van der Waals surface area contributed by atoms with Crippen LogP contribution in [0.4, 0.5) is 5.69 Å². The van der Waals surface area contributed by atoms with Crippen LogP contribution >= 0.6 is 0 Å². The highest BCUT2D eigenvalue weighted by molar-refractivity contribution is 6.43. The number of carbonyl (C=O) groups excluding carboxylic acids is 2. The van der Waals surface area contributed by atoms with Gasteiger partial charge in [0.1, 0.15) is 0 Å². The molecule has 5 nitrogen and oxygen atoms in total. The summed E-state index contributed by atoms with van der Waals surface area (Å²) in [6.45, 7) is 1.96. The molecule has 118 valence electrons. The monoisotopic (exact) mass is 311 g/mol. The molecule has 2 aromatic carbocycles. The van der Waals surface area contributed by atoms with Crippen LogP contribution in [0.25, 0.3) is 0 Å². The van der Waals surface area contributed by atoms with Crippen LogP contribution in [0.15, 0.2) is 59.6 Å². The van der Waals surface area contributed by atoms with Gasteiger partial charge in [-0.3, -0.25) is 0 Å². The molecule has 0 aliphatic rings. The third-order valence-electron chi connectivity index (χ3n) is 3.06. The number of methoxy groups -OCH3 is 1. The summed E-state index contributed by atoms with van der Waals surface area (Å²) >= 11 is 0. The van der Waals surface area contributed by atoms with E-state index >= 15 is 0 Å². The molecule has 0 unspecified atom stereocenters. The van der Waals surface area contributed by atoms with Crippen molar-refractivity contribution in [1.82, 2.24) is 0 Å². The Morgan fingerprint density at radius 2 is 1.65 bits per heavy atom. The number of hydrogen-bond donors (Lipinski definition) is 0. The highest BCUT2D eigenvalue weighted by atomic mass is 16.5. The van der Waals surface area contributed by atoms with Crippen molar-refractivity contribution in [3.8, 4) is 0 Å². The minimum atomic E-state index is -0.543. The average molecular weight is 311 g/mol. The van der Waals surface area contributed by atoms with Crippen LogP contribution in [0.1, 0.15) is 22.8 Å². The van der Waals surface area contributed by atoms with E-state index in [1.165, 1.54) is 7.11 Å². The molecule has 0 aliphatic carbocycles. The van der Waals surface area contributed by atoms with E-state index in [0.717, 1.165) is 0 Å². The zero-order valence-corrected chi connectivity index (χ0v) is 13.0. The Bertz CT molecular complexity index is 723. The predicted molar refractivity (Wildman–Crippen MR) is 87.1 cm³/mol. The largest absolute Gasteiger partial charge is 0.465 e. The van der Waals surface area contributed by atoms with Gasteiger partial charge in [0.25, 0.3) is 0 Å². The zero-order valence-electron chi connectivity index (χ0n) is 13.0. The van der Waals surface area contributed by atoms with Gasteiger partial charge in [-0.1, -0.05) is 42.5 Å². The van der Waals surface area contributed by atoms with Crippen LogP contribution in [-0.4, -0.2) is 31.4 Å². The van der Waals surface area contributed by atoms with Crippen molar-refractivity contribution in [2.45, 2.75) is 6.92 Å². The van der Waals surface area contributed by atoms with E-state index in [4.69, 9.17) is 9.47 Å². The second-order valence-corrected chi connectivity index (χ2v) is 4.56. The second kappa shape index (κ2) is 7.89. The molecule has 5 heteroatoms. The highest BCUT2D eigenvalue weighted by Gasteiger charge is 2.18. The maximum atomic E-state index is 12.2. The van der Waals surface area contributed by atoms with Crippen molar-refractivity contribution < 1.29 is 19.1 Å². The van der Waals surface area contributed by atoms with Crippen molar-refractivity contribution in [3.05, 3.63) is 65.7 Å². The molecule has 23 heavy (non-hydrogen) atoms. The molecule has 0 radical (unpaired) electrons. The molecule has 0 aromatic heterocycles. The van der Waals surface area contributed by atoms with E-state index in [2.05, 4.69) is 4.99 Å². The molecule has 2 aromatic rings. The summed E-state index contributed by atoms with van der Waals surface area (Å²) in [5.41, 5.74) is 1.40. The van der Waals surface area contributed by atoms with E-state index in [9.17, 15) is 9.59 Å². The summed E-state index contributed by atoms with van der Waals surface area (Å²) in [7, 11) is 1.30. The smallest absolute Gasteiger partial charge is 0.357 e. The maximum absolute atomic E-state index is 12.2. The number of esters is 2. The molecule has 0 atom stereocenters. The quantitative estimate of drug-likeness (QED) is 0.628. The SMILES string of the molecule is CCOC(=O)C(=Nc1ccccc1C(=O)OC)c1ccccc1. The molecule has 0 N–H and O–H groups in total. The van der Waals surface area contributed by atoms with Crippen LogP contribution in [0.2, 0.25) is 0 Å². The Labute approximate surface area is 134 Å². The highest BCUT2D eigenvalue weighted by Crippen LogP contribution is 2.21. The Morgan fingerprint density at radius 3 is 2.30 bits per heavy atom. The lowest BCUT2D eigenvalue weighted by Gasteiger charge is -2.08. The van der Waals surface area contributed by atoms with E-state index in [0.29, 0.717) is 11.3 Å². The minimum Gasteiger partial charge on any atom is -0.465 e. The fraction of sp³-hybridized carbons (Fsp3) is 0.167. The first kappa shape index (κ1) is 16.4. The molecular formula is C18H17NO4. The van der Waals surface area contributed by atoms with Gasteiger partial charge in [0.05, 0.1) is 25.0 Å². The van der Waals surface area contributed by atoms with Crippen molar-refractivity contribution >= 4 is 23.3 Å². The molecule has 0 spiro atoms. The molecular weight excluding hydrogens is 294 g/mol. The van der Waals surface area contributed by atoms with Gasteiger partial charge in [0, 0.05) is 5.56 Å². The summed E-state index contributed by atoms with van der Waals surface area (Å²) in [6.07, 6.45) is 0. The molecule has 0 saturated carbocycles. The summed E-state index contributed by atoms with van der Waals surface area (Å²) in [4.78, 5) is 28.4. The first-order chi connectivity index (χ1) is 11.2. The Balaban J connectivity index is 2.54. The number of hydrogen-bond acceptors (Lipinski definition) is 5. The number of aliphatic imine (C=N–C) groups is 1. The van der Waals surface area contributed by atoms with Gasteiger partial charge in [-0.15, -0.1) is 0 Å². The number of ether oxygens (including phenoxy) is 2. The summed E-state index contributed by atoms with van der Waals surface area (Å²) in [5, 5.41) is 0. The molecule has 0 aliphatic heterocycles. The van der Waals surface area contributed by atoms with Crippen molar-refractivity contribution in [2.75, 3.05) is 13.7 Å². The van der Waals surface area contributed by atoms with Crippen LogP contribution in [0.5, 0.6) is 0 Å². The molecule has 0 saturated heterocycles. The number of rotatable bonds is 5. The fourth-order valence-electron chi connectivity index (χ4n) is 2.00. The average Bonchev–Trinajstić information content (AvgIpc) is 2.60. The molecule has 0 heterocycles. The number of carbonyl (C=O) groups is 2. The van der Waals surface area contributed by atoms with Crippen LogP contribution < -0.4 is 0 Å². The molecule has 0 bridgehead atoms. The van der Waals surface area contributed by atoms with E-state index in [1.54, 1.807) is 55.5 Å². The minimum absolute atomic E-state index is 0.142. The van der Waals surface area contributed by atoms with Crippen molar-refractivity contribution in [2.24, 2.45) is 4.99 Å². The van der Waals surface area contributed by atoms with Crippen molar-refractivity contribution in [1.29, 1.82) is 0 Å². The van der Waals surface area contributed by atoms with E-state index < -0.39 is 11.9 Å². The third kappa shape index (κ3) is 4.03. The van der Waals surface area contributed by atoms with Crippen LogP contribution in [0, 0.1) is 0 Å². The number of para-hydroxylation sites is 1. The molecule has 0 fully saturated rings. The number of benzene rings is 2. The van der Waals surface area contributed by atoms with Gasteiger partial charge in [-0.05, 0) is 19.1 Å². The standard InChI is InChI=1S/C18H17NO4/c1-3-23-18(21)16(13-9-5-4-6-10-13)19-15-12-8-7-11-14(15)17(20)22-2/h4-12H,3H2,1-2H3. The topological polar surface area (TPSA) is 65.0 Å². The van der Waals surface area contributed by atoms with Gasteiger partial charge in [0.2, 0.25) is 0 Å². The zero-order chi connectivity index (χ0) is 16.7. The first-order valence-electron chi connectivity index (χ1n) is 7.16. The Hall–Kier alpha value is -2.95. The van der Waals surface area contributed by atoms with Crippen LogP contribution in [-0.2, 0) is 14.3 Å². The van der Waals surface area contributed by atoms with Crippen molar-refractivity contribution in [3.63, 3.8) is 0 Å². The van der Waals surface area contributed by atoms with Gasteiger partial charge < -0.3 is 9.47 Å². The fourth-order valence-corrected chi connectivity index (χ4v) is 2.00. The predicted octanol–water partition coefficient (Wildman–Crippen LogP) is 3.16. The van der Waals surface area contributed by atoms with Gasteiger partial charge >= 0.3 is 11.9 Å². The maximum Gasteiger partial charge on any atom is 0.357 e. The van der Waals surface area contributed by atoms with Gasteiger partial charge in [0.15, 0.2) is 5.71 Å². The Kier molecular flexibility index (Phi) is 5.63. The lowest BCUT2D eigenvalue weighted by atomic mass is 10.1. The number of nitrogens with zero attached hydrogens (tertiary/aromatic N) is 1. The van der Waals surface area contributed by atoms with E-state index in [1.807, 2.05) is 6.07 Å². The van der Waals surface area contributed by atoms with Gasteiger partial charge in [-0.2, -0.15) is 0 Å². The Morgan fingerprint density at radius 1 is 1.00 bits per heavy atom. The summed E-state index contributed by atoms with van der Waals surface area (Å²) in [5.74, 6) is -1.06. The first-order valence-corrected chi connectivity index (χ1v) is 7.16. The second-order valence-electron chi connectivity index (χ2n) is 4.56. The molecule has 2 rings (SSSR count). The summed E-state index contributed by atoms with van der Waals surface area (Å²) < 4.78 is 9.82. The molecule has 0 amide bonds. The lowest BCUT2D eigenvalue weighted by molar-refractivity contribution is -0.134. The lowest BCUT2D eigenvalue weighted by Crippen LogP contribution is -2.18. The summed E-state index contributed by atoms with van der Waals surface area (Å²) in [6, 6.07) is 15.7. The van der Waals surface area contributed by atoms with Gasteiger partial charge in [-0.25, -0.2) is 14.6 Å². The third-order valence-corrected chi connectivity index (χ3v) is 3.06.